The van der Waals surface area contributed by atoms with Gasteiger partial charge in [-0.2, -0.15) is 0 Å². The van der Waals surface area contributed by atoms with Crippen molar-refractivity contribution in [3.63, 3.8) is 0 Å². The first-order valence-electron chi connectivity index (χ1n) is 16.6. The Morgan fingerprint density at radius 1 is 0.694 bits per heavy atom. The molecule has 0 bridgehead atoms. The van der Waals surface area contributed by atoms with Crippen molar-refractivity contribution >= 4 is 50.1 Å². The Morgan fingerprint density at radius 2 is 1.31 bits per heavy atom. The van der Waals surface area contributed by atoms with Gasteiger partial charge in [0.1, 0.15) is 17.1 Å². The third-order valence-electron chi connectivity index (χ3n) is 9.61. The van der Waals surface area contributed by atoms with Gasteiger partial charge in [0, 0.05) is 19.3 Å². The van der Waals surface area contributed by atoms with Crippen LogP contribution in [0.25, 0.3) is 32.3 Å². The summed E-state index contributed by atoms with van der Waals surface area (Å²) in [6.07, 6.45) is 2.88. The summed E-state index contributed by atoms with van der Waals surface area (Å²) in [6, 6.07) is 32.4. The summed E-state index contributed by atoms with van der Waals surface area (Å²) in [6.45, 7) is 0. The number of hydroxylamine groups is 2. The van der Waals surface area contributed by atoms with Crippen LogP contribution in [0.15, 0.2) is 97.1 Å². The van der Waals surface area contributed by atoms with Gasteiger partial charge in [-0.15, -0.1) is 5.06 Å². The van der Waals surface area contributed by atoms with Crippen LogP contribution in [0.2, 0.25) is 0 Å². The summed E-state index contributed by atoms with van der Waals surface area (Å²) in [4.78, 5) is 40.7. The van der Waals surface area contributed by atoms with E-state index in [0.717, 1.165) is 28.3 Å². The molecule has 0 saturated carbocycles. The molecule has 0 radical (unpaired) electrons. The first kappa shape index (κ1) is 32.1. The molecule has 1 aliphatic heterocycles. The van der Waals surface area contributed by atoms with E-state index < -0.39 is 23.4 Å². The SMILES string of the molecule is COc1ccc(C(O)(c2ccc(OC)c(CCCCCC(=O)ON3C(=O)CCC3=O)c2)c2cc3ccc4cccc5ccc(c2)c3c45)cc1. The molecular weight excluding hydrogens is 618 g/mol. The molecule has 1 fully saturated rings. The minimum atomic E-state index is -1.51. The van der Waals surface area contributed by atoms with Crippen molar-refractivity contribution in [2.75, 3.05) is 14.2 Å². The number of nitrogens with zero attached hydrogens (tertiary/aromatic N) is 1. The molecule has 1 heterocycles. The van der Waals surface area contributed by atoms with Gasteiger partial charge in [-0.1, -0.05) is 67.1 Å². The van der Waals surface area contributed by atoms with E-state index in [2.05, 4.69) is 54.6 Å². The molecule has 1 saturated heterocycles. The maximum absolute atomic E-state index is 13.0. The highest BCUT2D eigenvalue weighted by Crippen LogP contribution is 2.43. The highest BCUT2D eigenvalue weighted by atomic mass is 16.7. The minimum absolute atomic E-state index is 0.0672. The smallest absolute Gasteiger partial charge is 0.333 e. The second-order valence-electron chi connectivity index (χ2n) is 12.6. The lowest BCUT2D eigenvalue weighted by molar-refractivity contribution is -0.197. The zero-order chi connectivity index (χ0) is 34.1. The second kappa shape index (κ2) is 13.2. The van der Waals surface area contributed by atoms with Gasteiger partial charge in [0.05, 0.1) is 14.2 Å². The van der Waals surface area contributed by atoms with E-state index in [4.69, 9.17) is 14.3 Å². The van der Waals surface area contributed by atoms with Crippen LogP contribution < -0.4 is 9.47 Å². The molecular formula is C41H37NO7. The van der Waals surface area contributed by atoms with E-state index in [0.29, 0.717) is 47.0 Å². The number of carbonyl (C=O) groups is 3. The van der Waals surface area contributed by atoms with E-state index in [9.17, 15) is 19.5 Å². The average molecular weight is 656 g/mol. The molecule has 248 valence electrons. The Kier molecular flexibility index (Phi) is 8.65. The Morgan fingerprint density at radius 3 is 1.94 bits per heavy atom. The van der Waals surface area contributed by atoms with Gasteiger partial charge in [-0.05, 0) is 110 Å². The molecule has 6 aromatic rings. The van der Waals surface area contributed by atoms with E-state index >= 15 is 0 Å². The molecule has 0 aliphatic carbocycles. The van der Waals surface area contributed by atoms with Crippen LogP contribution in [0.1, 0.15) is 60.8 Å². The largest absolute Gasteiger partial charge is 0.497 e. The van der Waals surface area contributed by atoms with Crippen molar-refractivity contribution in [3.8, 4) is 11.5 Å². The number of unbranched alkanes of at least 4 members (excludes halogenated alkanes) is 2. The first-order valence-corrected chi connectivity index (χ1v) is 16.6. The number of hydrogen-bond acceptors (Lipinski definition) is 7. The van der Waals surface area contributed by atoms with Crippen molar-refractivity contribution in [2.24, 2.45) is 0 Å². The fourth-order valence-electron chi connectivity index (χ4n) is 7.06. The molecule has 1 unspecified atom stereocenters. The predicted molar refractivity (Wildman–Crippen MR) is 188 cm³/mol. The Bertz CT molecular complexity index is 2110. The zero-order valence-corrected chi connectivity index (χ0v) is 27.5. The topological polar surface area (TPSA) is 102 Å². The first-order chi connectivity index (χ1) is 23.8. The van der Waals surface area contributed by atoms with Crippen molar-refractivity contribution in [1.82, 2.24) is 5.06 Å². The molecule has 1 atom stereocenters. The number of hydrogen-bond donors (Lipinski definition) is 1. The van der Waals surface area contributed by atoms with Crippen LogP contribution in [0, 0.1) is 0 Å². The lowest BCUT2D eigenvalue weighted by atomic mass is 9.78. The highest BCUT2D eigenvalue weighted by molar-refractivity contribution is 6.23. The summed E-state index contributed by atoms with van der Waals surface area (Å²) in [5.41, 5.74) is 1.57. The van der Waals surface area contributed by atoms with E-state index in [-0.39, 0.29) is 19.3 Å². The van der Waals surface area contributed by atoms with Gasteiger partial charge in [0.25, 0.3) is 11.8 Å². The number of amides is 2. The van der Waals surface area contributed by atoms with Crippen LogP contribution in [0.3, 0.4) is 0 Å². The van der Waals surface area contributed by atoms with Gasteiger partial charge >= 0.3 is 5.97 Å². The lowest BCUT2D eigenvalue weighted by Gasteiger charge is -2.32. The number of aliphatic hydroxyl groups is 1. The van der Waals surface area contributed by atoms with Crippen molar-refractivity contribution in [1.29, 1.82) is 0 Å². The number of benzene rings is 6. The van der Waals surface area contributed by atoms with Crippen LogP contribution in [-0.2, 0) is 31.2 Å². The summed E-state index contributed by atoms with van der Waals surface area (Å²) in [5.74, 6) is -0.160. The van der Waals surface area contributed by atoms with Crippen molar-refractivity contribution < 1.29 is 33.8 Å². The monoisotopic (exact) mass is 655 g/mol. The normalized spacial score (nSPS) is 14.6. The van der Waals surface area contributed by atoms with Crippen LogP contribution in [0.5, 0.6) is 11.5 Å². The molecule has 2 amide bonds. The number of aryl methyl sites for hydroxylation is 1. The molecule has 1 N–H and O–H groups in total. The summed E-state index contributed by atoms with van der Waals surface area (Å²) in [7, 11) is 3.25. The maximum atomic E-state index is 13.0. The highest BCUT2D eigenvalue weighted by Gasteiger charge is 2.36. The standard InChI is InChI=1S/C41H37NO7/c1-47-34-18-15-31(16-19-34)41(46,33-24-29-13-11-26-8-6-9-27-12-14-30(25-33)40(29)39(26)27)32-17-20-35(48-2)28(23-32)7-4-3-5-10-38(45)49-42-36(43)21-22-37(42)44/h6,8-9,11-20,23-25,46H,3-5,7,10,21-22H2,1-2H3. The van der Waals surface area contributed by atoms with Crippen LogP contribution >= 0.6 is 0 Å². The molecule has 8 heteroatoms. The predicted octanol–water partition coefficient (Wildman–Crippen LogP) is 7.60. The quantitative estimate of drug-likeness (QED) is 0.0627. The summed E-state index contributed by atoms with van der Waals surface area (Å²) >= 11 is 0. The molecule has 1 aliphatic rings. The van der Waals surface area contributed by atoms with Crippen LogP contribution in [0.4, 0.5) is 0 Å². The van der Waals surface area contributed by atoms with Crippen molar-refractivity contribution in [3.05, 3.63) is 119 Å². The number of carbonyl (C=O) groups excluding carboxylic acids is 3. The maximum Gasteiger partial charge on any atom is 0.333 e. The molecule has 7 rings (SSSR count). The van der Waals surface area contributed by atoms with Gasteiger partial charge < -0.3 is 19.4 Å². The number of rotatable bonds is 12. The summed E-state index contributed by atoms with van der Waals surface area (Å²) < 4.78 is 11.2. The Balaban J connectivity index is 1.19. The Hall–Kier alpha value is -5.47. The Labute approximate surface area is 284 Å². The third-order valence-corrected chi connectivity index (χ3v) is 9.61. The second-order valence-corrected chi connectivity index (χ2v) is 12.6. The fraction of sp³-hybridized carbons (Fsp3) is 0.244. The average Bonchev–Trinajstić information content (AvgIpc) is 3.45. The van der Waals surface area contributed by atoms with Crippen molar-refractivity contribution in [2.45, 2.75) is 50.5 Å². The number of methoxy groups -OCH3 is 2. The fourth-order valence-corrected chi connectivity index (χ4v) is 7.06. The third kappa shape index (κ3) is 5.93. The summed E-state index contributed by atoms with van der Waals surface area (Å²) in [5, 5.41) is 20.4. The van der Waals surface area contributed by atoms with E-state index in [1.54, 1.807) is 14.2 Å². The van der Waals surface area contributed by atoms with E-state index in [1.165, 1.54) is 21.5 Å². The van der Waals surface area contributed by atoms with Crippen LogP contribution in [-0.4, -0.2) is 42.2 Å². The molecule has 0 spiro atoms. The minimum Gasteiger partial charge on any atom is -0.497 e. The molecule has 0 aromatic heterocycles. The zero-order valence-electron chi connectivity index (χ0n) is 27.5. The van der Waals surface area contributed by atoms with Gasteiger partial charge in [-0.25, -0.2) is 4.79 Å². The molecule has 49 heavy (non-hydrogen) atoms. The molecule has 8 nitrogen and oxygen atoms in total. The molecule has 6 aromatic carbocycles. The number of ether oxygens (including phenoxy) is 2. The van der Waals surface area contributed by atoms with Gasteiger partial charge in [-0.3, -0.25) is 9.59 Å². The lowest BCUT2D eigenvalue weighted by Crippen LogP contribution is -2.31. The van der Waals surface area contributed by atoms with E-state index in [1.807, 2.05) is 42.5 Å². The van der Waals surface area contributed by atoms with Gasteiger partial charge in [0.15, 0.2) is 0 Å². The number of imide groups is 1. The van der Waals surface area contributed by atoms with Gasteiger partial charge in [0.2, 0.25) is 0 Å².